The molecule has 14 heteroatoms. The number of carbonyl (C=O) groups is 6. The molecule has 32 heavy (non-hydrogen) atoms. The average Bonchev–Trinajstić information content (AvgIpc) is 3.22. The lowest BCUT2D eigenvalue weighted by atomic mass is 10.1. The molecule has 0 saturated carbocycles. The number of nitrogens with two attached hydrogens (primary N) is 1. The molecular weight excluding hydrogens is 430 g/mol. The van der Waals surface area contributed by atoms with Gasteiger partial charge in [-0.2, -0.15) is 0 Å². The lowest BCUT2D eigenvalue weighted by Crippen LogP contribution is -2.58. The number of amides is 4. The van der Waals surface area contributed by atoms with Crippen LogP contribution in [0.1, 0.15) is 39.0 Å². The van der Waals surface area contributed by atoms with Gasteiger partial charge in [-0.3, -0.25) is 24.0 Å². The SMILES string of the molecule is CC(O)C(NC(=O)C(CCC(=O)O)NC(=O)C(CC(N)=O)NC(=O)C1CCCN1)C(=O)O. The predicted molar refractivity (Wildman–Crippen MR) is 107 cm³/mol. The van der Waals surface area contributed by atoms with Crippen molar-refractivity contribution in [3.63, 3.8) is 0 Å². The van der Waals surface area contributed by atoms with Crippen LogP contribution in [0.3, 0.4) is 0 Å². The van der Waals surface area contributed by atoms with Gasteiger partial charge in [0.2, 0.25) is 23.6 Å². The number of primary amides is 1. The molecule has 1 saturated heterocycles. The molecule has 0 aliphatic carbocycles. The summed E-state index contributed by atoms with van der Waals surface area (Å²) < 4.78 is 0. The van der Waals surface area contributed by atoms with Crippen LogP contribution in [0.2, 0.25) is 0 Å². The quantitative estimate of drug-likeness (QED) is 0.135. The zero-order chi connectivity index (χ0) is 24.4. The predicted octanol–water partition coefficient (Wildman–Crippen LogP) is -3.60. The molecule has 1 aliphatic heterocycles. The highest BCUT2D eigenvalue weighted by Gasteiger charge is 2.33. The lowest BCUT2D eigenvalue weighted by molar-refractivity contribution is -0.145. The normalized spacial score (nSPS) is 19.1. The molecule has 1 rings (SSSR count). The van der Waals surface area contributed by atoms with E-state index in [9.17, 15) is 33.9 Å². The summed E-state index contributed by atoms with van der Waals surface area (Å²) in [6.45, 7) is 1.73. The van der Waals surface area contributed by atoms with Crippen molar-refractivity contribution in [2.45, 2.75) is 69.3 Å². The Morgan fingerprint density at radius 3 is 2.12 bits per heavy atom. The minimum Gasteiger partial charge on any atom is -0.481 e. The second-order valence-electron chi connectivity index (χ2n) is 7.44. The molecule has 1 aliphatic rings. The molecule has 0 bridgehead atoms. The van der Waals surface area contributed by atoms with Crippen LogP contribution in [0.25, 0.3) is 0 Å². The van der Waals surface area contributed by atoms with Crippen LogP contribution in [0.15, 0.2) is 0 Å². The van der Waals surface area contributed by atoms with E-state index < -0.39 is 85.1 Å². The number of carboxylic acid groups (broad SMARTS) is 2. The Hall–Kier alpha value is -3.26. The highest BCUT2D eigenvalue weighted by atomic mass is 16.4. The van der Waals surface area contributed by atoms with Crippen molar-refractivity contribution in [3.05, 3.63) is 0 Å². The first-order chi connectivity index (χ1) is 14.9. The number of aliphatic hydroxyl groups excluding tert-OH is 1. The molecule has 5 unspecified atom stereocenters. The average molecular weight is 459 g/mol. The van der Waals surface area contributed by atoms with Gasteiger partial charge >= 0.3 is 11.9 Å². The molecule has 180 valence electrons. The second-order valence-corrected chi connectivity index (χ2v) is 7.44. The Morgan fingerprint density at radius 2 is 1.66 bits per heavy atom. The summed E-state index contributed by atoms with van der Waals surface area (Å²) in [4.78, 5) is 71.0. The molecule has 0 aromatic heterocycles. The zero-order valence-corrected chi connectivity index (χ0v) is 17.5. The fraction of sp³-hybridized carbons (Fsp3) is 0.667. The summed E-state index contributed by atoms with van der Waals surface area (Å²) in [5.41, 5.74) is 5.15. The molecular formula is C18H29N5O9. The van der Waals surface area contributed by atoms with E-state index in [0.717, 1.165) is 13.3 Å². The van der Waals surface area contributed by atoms with E-state index in [1.54, 1.807) is 0 Å². The van der Waals surface area contributed by atoms with E-state index in [1.807, 2.05) is 5.32 Å². The van der Waals surface area contributed by atoms with Gasteiger partial charge in [-0.25, -0.2) is 4.79 Å². The van der Waals surface area contributed by atoms with E-state index in [-0.39, 0.29) is 0 Å². The molecule has 1 fully saturated rings. The Balaban J connectivity index is 2.96. The molecule has 0 aromatic carbocycles. The Bertz CT molecular complexity index is 736. The molecule has 5 atom stereocenters. The van der Waals surface area contributed by atoms with Crippen LogP contribution in [0, 0.1) is 0 Å². The zero-order valence-electron chi connectivity index (χ0n) is 17.5. The molecule has 0 spiro atoms. The maximum atomic E-state index is 12.7. The van der Waals surface area contributed by atoms with Crippen molar-refractivity contribution in [2.24, 2.45) is 5.73 Å². The lowest BCUT2D eigenvalue weighted by Gasteiger charge is -2.25. The summed E-state index contributed by atoms with van der Waals surface area (Å²) in [6, 6.07) is -5.22. The third-order valence-corrected chi connectivity index (χ3v) is 4.74. The topological polar surface area (TPSA) is 237 Å². The number of aliphatic carboxylic acids is 2. The van der Waals surface area contributed by atoms with Gasteiger partial charge in [0.15, 0.2) is 6.04 Å². The standard InChI is InChI=1S/C18H29N5O9/c1-8(24)14(18(31)32)23-16(29)10(4-5-13(26)27)21-17(30)11(7-12(19)25)22-15(28)9-3-2-6-20-9/h8-11,14,20,24H,2-7H2,1H3,(H2,19,25)(H,21,30)(H,22,28)(H,23,29)(H,26,27)(H,31,32). The summed E-state index contributed by atoms with van der Waals surface area (Å²) in [7, 11) is 0. The van der Waals surface area contributed by atoms with Crippen LogP contribution >= 0.6 is 0 Å². The summed E-state index contributed by atoms with van der Waals surface area (Å²) >= 11 is 0. The van der Waals surface area contributed by atoms with Crippen molar-refractivity contribution in [1.82, 2.24) is 21.3 Å². The first-order valence-electron chi connectivity index (χ1n) is 9.97. The van der Waals surface area contributed by atoms with Crippen molar-refractivity contribution in [2.75, 3.05) is 6.54 Å². The van der Waals surface area contributed by atoms with Gasteiger partial charge < -0.3 is 42.3 Å². The number of aliphatic hydroxyl groups is 1. The van der Waals surface area contributed by atoms with Gasteiger partial charge in [-0.05, 0) is 32.7 Å². The number of nitrogens with one attached hydrogen (secondary N) is 4. The fourth-order valence-electron chi connectivity index (χ4n) is 3.04. The highest BCUT2D eigenvalue weighted by Crippen LogP contribution is 2.07. The maximum Gasteiger partial charge on any atom is 0.328 e. The van der Waals surface area contributed by atoms with E-state index in [4.69, 9.17) is 15.9 Å². The van der Waals surface area contributed by atoms with Crippen molar-refractivity contribution in [1.29, 1.82) is 0 Å². The summed E-state index contributed by atoms with van der Waals surface area (Å²) in [5.74, 6) is -6.32. The van der Waals surface area contributed by atoms with Gasteiger partial charge in [0.25, 0.3) is 0 Å². The third-order valence-electron chi connectivity index (χ3n) is 4.74. The van der Waals surface area contributed by atoms with Crippen LogP contribution < -0.4 is 27.0 Å². The van der Waals surface area contributed by atoms with E-state index in [0.29, 0.717) is 13.0 Å². The Morgan fingerprint density at radius 1 is 1.03 bits per heavy atom. The Labute approximate surface area is 183 Å². The van der Waals surface area contributed by atoms with Gasteiger partial charge in [0.05, 0.1) is 18.6 Å². The number of carboxylic acids is 2. The summed E-state index contributed by atoms with van der Waals surface area (Å²) in [5, 5.41) is 37.1. The first-order valence-corrected chi connectivity index (χ1v) is 9.97. The molecule has 0 radical (unpaired) electrons. The van der Waals surface area contributed by atoms with E-state index in [2.05, 4.69) is 16.0 Å². The van der Waals surface area contributed by atoms with Crippen molar-refractivity contribution >= 4 is 35.6 Å². The van der Waals surface area contributed by atoms with E-state index in [1.165, 1.54) is 0 Å². The molecule has 1 heterocycles. The van der Waals surface area contributed by atoms with Gasteiger partial charge in [0.1, 0.15) is 12.1 Å². The van der Waals surface area contributed by atoms with Gasteiger partial charge in [-0.1, -0.05) is 0 Å². The van der Waals surface area contributed by atoms with Crippen LogP contribution in [-0.4, -0.2) is 87.7 Å². The minimum absolute atomic E-state index is 0.416. The van der Waals surface area contributed by atoms with E-state index >= 15 is 0 Å². The summed E-state index contributed by atoms with van der Waals surface area (Å²) in [6.07, 6.45) is -1.76. The first kappa shape index (κ1) is 26.8. The monoisotopic (exact) mass is 459 g/mol. The number of rotatable bonds is 13. The minimum atomic E-state index is -1.71. The molecule has 9 N–H and O–H groups in total. The van der Waals surface area contributed by atoms with Crippen molar-refractivity contribution < 1.29 is 44.1 Å². The number of hydrogen-bond donors (Lipinski definition) is 8. The smallest absolute Gasteiger partial charge is 0.328 e. The van der Waals surface area contributed by atoms with Crippen LogP contribution in [-0.2, 0) is 28.8 Å². The van der Waals surface area contributed by atoms with Crippen molar-refractivity contribution in [3.8, 4) is 0 Å². The van der Waals surface area contributed by atoms with Gasteiger partial charge in [0, 0.05) is 6.42 Å². The fourth-order valence-corrected chi connectivity index (χ4v) is 3.04. The largest absolute Gasteiger partial charge is 0.481 e. The van der Waals surface area contributed by atoms with Gasteiger partial charge in [-0.15, -0.1) is 0 Å². The van der Waals surface area contributed by atoms with Crippen LogP contribution in [0.4, 0.5) is 0 Å². The molecule has 4 amide bonds. The number of carbonyl (C=O) groups excluding carboxylic acids is 4. The third kappa shape index (κ3) is 8.85. The van der Waals surface area contributed by atoms with Crippen LogP contribution in [0.5, 0.6) is 0 Å². The number of hydrogen-bond acceptors (Lipinski definition) is 8. The maximum absolute atomic E-state index is 12.7. The highest BCUT2D eigenvalue weighted by molar-refractivity contribution is 5.96. The molecule has 14 nitrogen and oxygen atoms in total. The Kier molecular flexibility index (Phi) is 10.5. The molecule has 0 aromatic rings. The second kappa shape index (κ2) is 12.6.